The van der Waals surface area contributed by atoms with Crippen LogP contribution in [0.4, 0.5) is 0 Å². The summed E-state index contributed by atoms with van der Waals surface area (Å²) < 4.78 is 22.6. The number of nitrogens with zero attached hydrogens (tertiary/aromatic N) is 1. The lowest BCUT2D eigenvalue weighted by atomic mass is 9.88. The number of para-hydroxylation sites is 1. The van der Waals surface area contributed by atoms with Crippen LogP contribution >= 0.6 is 34.8 Å². The average Bonchev–Trinajstić information content (AvgIpc) is 3.95. The highest BCUT2D eigenvalue weighted by Crippen LogP contribution is 2.36. The van der Waals surface area contributed by atoms with E-state index in [-0.39, 0.29) is 43.9 Å². The van der Waals surface area contributed by atoms with Crippen molar-refractivity contribution >= 4 is 52.2 Å². The number of methoxy groups -OCH3 is 1. The Balaban J connectivity index is 1.35. The molecule has 2 aliphatic rings. The predicted octanol–water partition coefficient (Wildman–Crippen LogP) is 6.71. The zero-order valence-electron chi connectivity index (χ0n) is 27.7. The molecule has 0 saturated heterocycles. The fourth-order valence-electron chi connectivity index (χ4n) is 5.84. The molecule has 9 nitrogen and oxygen atoms in total. The first-order chi connectivity index (χ1) is 23.8. The Hall–Kier alpha value is -3.31. The van der Waals surface area contributed by atoms with Crippen LogP contribution in [0.5, 0.6) is 11.5 Å². The van der Waals surface area contributed by atoms with E-state index in [1.54, 1.807) is 32.4 Å². The molecule has 3 aromatic carbocycles. The Morgan fingerprint density at radius 1 is 0.959 bits per heavy atom. The Labute approximate surface area is 302 Å². The number of ether oxygens (including phenoxy) is 4. The van der Waals surface area contributed by atoms with Gasteiger partial charge >= 0.3 is 0 Å². The molecule has 5 rings (SSSR count). The first-order valence-electron chi connectivity index (χ1n) is 16.4. The Morgan fingerprint density at radius 3 is 2.39 bits per heavy atom. The van der Waals surface area contributed by atoms with Gasteiger partial charge in [0.2, 0.25) is 5.91 Å². The van der Waals surface area contributed by atoms with Gasteiger partial charge in [-0.1, -0.05) is 65.1 Å². The molecule has 1 fully saturated rings. The summed E-state index contributed by atoms with van der Waals surface area (Å²) in [5.74, 6) is 1.04. The molecule has 1 atom stereocenters. The average molecular weight is 731 g/mol. The minimum Gasteiger partial charge on any atom is -0.490 e. The summed E-state index contributed by atoms with van der Waals surface area (Å²) in [6.45, 7) is 2.02. The topological polar surface area (TPSA) is 98.4 Å². The monoisotopic (exact) mass is 729 g/mol. The summed E-state index contributed by atoms with van der Waals surface area (Å²) in [4.78, 5) is 28.5. The lowest BCUT2D eigenvalue weighted by Crippen LogP contribution is -2.47. The van der Waals surface area contributed by atoms with Gasteiger partial charge in [-0.2, -0.15) is 0 Å². The van der Waals surface area contributed by atoms with E-state index >= 15 is 0 Å². The molecule has 1 heterocycles. The summed E-state index contributed by atoms with van der Waals surface area (Å²) in [6.07, 6.45) is 3.49. The molecule has 0 bridgehead atoms. The van der Waals surface area contributed by atoms with Gasteiger partial charge in [0.15, 0.2) is 5.75 Å². The molecule has 1 saturated carbocycles. The van der Waals surface area contributed by atoms with Crippen molar-refractivity contribution in [3.8, 4) is 11.5 Å². The van der Waals surface area contributed by atoms with Crippen LogP contribution in [-0.4, -0.2) is 76.1 Å². The summed E-state index contributed by atoms with van der Waals surface area (Å²) in [7, 11) is 3.20. The highest BCUT2D eigenvalue weighted by Gasteiger charge is 2.38. The predicted molar refractivity (Wildman–Crippen MR) is 192 cm³/mol. The maximum atomic E-state index is 14.7. The van der Waals surface area contributed by atoms with Crippen molar-refractivity contribution in [3.05, 3.63) is 98.0 Å². The summed E-state index contributed by atoms with van der Waals surface area (Å²) in [5, 5.41) is 7.64. The van der Waals surface area contributed by atoms with Crippen LogP contribution in [0.2, 0.25) is 15.1 Å². The number of carbonyl (C=O) groups excluding carboxylic acids is 2. The van der Waals surface area contributed by atoms with E-state index < -0.39 is 0 Å². The Kier molecular flexibility index (Phi) is 13.6. The standard InChI is InChI=1S/C37H42Cl3N3O6/c1-41-34(44)15-7-24-6-14-30(38)26(20-24)21-43(27-10-11-27)37(45)35-29(16-17-42-33(35)22-47-23-46-2)25-8-12-28(13-9-25)48-18-19-49-36-31(39)4-3-5-32(36)40/h3-6,8-9,12-14,20,27,33,42H,7,10-11,15-19,21-23H2,1-2H3,(H,41,44)/t33-/m1/s1. The third-order valence-electron chi connectivity index (χ3n) is 8.49. The number of rotatable bonds is 17. The third kappa shape index (κ3) is 10.1. The van der Waals surface area contributed by atoms with E-state index in [0.29, 0.717) is 71.1 Å². The number of aryl methyl sites for hydroxylation is 1. The van der Waals surface area contributed by atoms with Gasteiger partial charge in [0.05, 0.1) is 22.7 Å². The Bertz CT molecular complexity index is 1610. The van der Waals surface area contributed by atoms with E-state index in [4.69, 9.17) is 53.8 Å². The summed E-state index contributed by atoms with van der Waals surface area (Å²) >= 11 is 19.1. The molecule has 0 radical (unpaired) electrons. The van der Waals surface area contributed by atoms with Crippen LogP contribution in [0.3, 0.4) is 0 Å². The second-order valence-corrected chi connectivity index (χ2v) is 13.2. The van der Waals surface area contributed by atoms with E-state index in [1.165, 1.54) is 0 Å². The number of hydrogen-bond donors (Lipinski definition) is 2. The first kappa shape index (κ1) is 37.0. The van der Waals surface area contributed by atoms with Crippen LogP contribution in [0.15, 0.2) is 66.2 Å². The molecule has 49 heavy (non-hydrogen) atoms. The van der Waals surface area contributed by atoms with Crippen molar-refractivity contribution in [1.29, 1.82) is 0 Å². The van der Waals surface area contributed by atoms with Crippen LogP contribution in [0.1, 0.15) is 42.4 Å². The minimum absolute atomic E-state index is 0.0234. The van der Waals surface area contributed by atoms with E-state index in [1.807, 2.05) is 47.4 Å². The van der Waals surface area contributed by atoms with Crippen molar-refractivity contribution in [2.45, 2.75) is 50.7 Å². The summed E-state index contributed by atoms with van der Waals surface area (Å²) in [6, 6.07) is 18.5. The van der Waals surface area contributed by atoms with Crippen LogP contribution < -0.4 is 20.1 Å². The van der Waals surface area contributed by atoms with Gasteiger partial charge in [-0.25, -0.2) is 0 Å². The van der Waals surface area contributed by atoms with Gasteiger partial charge in [-0.05, 0) is 84.8 Å². The van der Waals surface area contributed by atoms with Crippen molar-refractivity contribution in [3.63, 3.8) is 0 Å². The normalized spacial score (nSPS) is 16.0. The largest absolute Gasteiger partial charge is 0.490 e. The van der Waals surface area contributed by atoms with Gasteiger partial charge in [-0.3, -0.25) is 9.59 Å². The molecular weight excluding hydrogens is 689 g/mol. The van der Waals surface area contributed by atoms with Crippen LogP contribution in [0.25, 0.3) is 5.57 Å². The molecule has 1 aliphatic heterocycles. The number of benzene rings is 3. The molecule has 1 aliphatic carbocycles. The van der Waals surface area contributed by atoms with Gasteiger partial charge in [0.1, 0.15) is 25.8 Å². The molecule has 0 aromatic heterocycles. The summed E-state index contributed by atoms with van der Waals surface area (Å²) in [5.41, 5.74) is 4.45. The molecule has 2 N–H and O–H groups in total. The van der Waals surface area contributed by atoms with Crippen LogP contribution in [0, 0.1) is 0 Å². The highest BCUT2D eigenvalue weighted by molar-refractivity contribution is 6.37. The fourth-order valence-corrected chi connectivity index (χ4v) is 6.53. The minimum atomic E-state index is -0.327. The second kappa shape index (κ2) is 18.1. The zero-order valence-corrected chi connectivity index (χ0v) is 30.0. The van der Waals surface area contributed by atoms with E-state index in [2.05, 4.69) is 10.6 Å². The molecule has 0 spiro atoms. The van der Waals surface area contributed by atoms with Crippen molar-refractivity contribution in [2.75, 3.05) is 47.3 Å². The number of carbonyl (C=O) groups is 2. The van der Waals surface area contributed by atoms with Gasteiger partial charge in [-0.15, -0.1) is 0 Å². The van der Waals surface area contributed by atoms with Crippen molar-refractivity contribution in [1.82, 2.24) is 15.5 Å². The quantitative estimate of drug-likeness (QED) is 0.118. The van der Waals surface area contributed by atoms with Gasteiger partial charge in [0.25, 0.3) is 5.91 Å². The first-order valence-corrected chi connectivity index (χ1v) is 17.5. The number of hydrogen-bond acceptors (Lipinski definition) is 7. The van der Waals surface area contributed by atoms with Crippen molar-refractivity contribution in [2.24, 2.45) is 0 Å². The number of halogens is 3. The second-order valence-electron chi connectivity index (χ2n) is 12.0. The fraction of sp³-hybridized carbons (Fsp3) is 0.405. The molecule has 12 heteroatoms. The third-order valence-corrected chi connectivity index (χ3v) is 9.46. The number of amides is 2. The number of nitrogens with one attached hydrogen (secondary N) is 2. The maximum Gasteiger partial charge on any atom is 0.252 e. The maximum absolute atomic E-state index is 14.7. The van der Waals surface area contributed by atoms with Gasteiger partial charge < -0.3 is 34.5 Å². The lowest BCUT2D eigenvalue weighted by Gasteiger charge is -2.33. The van der Waals surface area contributed by atoms with E-state index in [9.17, 15) is 9.59 Å². The van der Waals surface area contributed by atoms with E-state index in [0.717, 1.165) is 35.1 Å². The molecule has 0 unspecified atom stereocenters. The lowest BCUT2D eigenvalue weighted by molar-refractivity contribution is -0.129. The highest BCUT2D eigenvalue weighted by atomic mass is 35.5. The smallest absolute Gasteiger partial charge is 0.252 e. The van der Waals surface area contributed by atoms with Crippen LogP contribution in [-0.2, 0) is 32.0 Å². The Morgan fingerprint density at radius 2 is 1.69 bits per heavy atom. The van der Waals surface area contributed by atoms with Crippen molar-refractivity contribution < 1.29 is 28.5 Å². The SMILES string of the molecule is CNC(=O)CCc1ccc(Cl)c(CN(C(=O)C2=C(c3ccc(OCCOc4c(Cl)cccc4Cl)cc3)CCN[C@@H]2COCOC)C2CC2)c1. The molecule has 262 valence electrons. The molecular formula is C37H42Cl3N3O6. The molecule has 2 amide bonds. The molecule has 3 aromatic rings. The van der Waals surface area contributed by atoms with Gasteiger partial charge in [0, 0.05) is 43.8 Å². The zero-order chi connectivity index (χ0) is 34.8.